The molecule has 0 spiro atoms. The molecule has 4 aromatic rings. The Kier molecular flexibility index (Phi) is 5.28. The molecule has 1 heterocycles. The zero-order valence-corrected chi connectivity index (χ0v) is 16.2. The molecule has 0 saturated heterocycles. The summed E-state index contributed by atoms with van der Waals surface area (Å²) in [5.74, 6) is 1.08. The van der Waals surface area contributed by atoms with Crippen molar-refractivity contribution in [2.75, 3.05) is 0 Å². The van der Waals surface area contributed by atoms with Gasteiger partial charge in [0, 0.05) is 16.3 Å². The number of phenolic OH excluding ortho intramolecular Hbond substituents is 2. The van der Waals surface area contributed by atoms with Gasteiger partial charge >= 0.3 is 0 Å². The van der Waals surface area contributed by atoms with Crippen molar-refractivity contribution < 1.29 is 10.2 Å². The van der Waals surface area contributed by atoms with E-state index >= 15 is 0 Å². The van der Waals surface area contributed by atoms with Crippen molar-refractivity contribution in [2.24, 2.45) is 0 Å². The minimum Gasteiger partial charge on any atom is -0.508 e. The van der Waals surface area contributed by atoms with Gasteiger partial charge in [-0.2, -0.15) is 5.10 Å². The Bertz CT molecular complexity index is 1160. The van der Waals surface area contributed by atoms with Gasteiger partial charge in [0.25, 0.3) is 0 Å². The second-order valence-corrected chi connectivity index (χ2v) is 6.22. The lowest BCUT2D eigenvalue weighted by Gasteiger charge is -2.12. The van der Waals surface area contributed by atoms with Crippen LogP contribution in [-0.4, -0.2) is 25.0 Å². The Balaban J connectivity index is 0.00000102. The Hall–Kier alpha value is -3.12. The molecule has 4 rings (SSSR count). The molecule has 1 aromatic heterocycles. The third-order valence-electron chi connectivity index (χ3n) is 4.24. The third kappa shape index (κ3) is 3.31. The predicted molar refractivity (Wildman–Crippen MR) is 111 cm³/mol. The number of aromatic hydroxyl groups is 2. The standard InChI is InChI=1S/C19H15N3O2S.C2H6/c1-11-10-12(23)8-9-13(11)18-20-21-19(25)22(18)16-6-2-5-15-14(16)4-3-7-17(15)24;1-2/h2-10,23-24H,1H3,(H,21,25);1-2H3. The van der Waals surface area contributed by atoms with E-state index in [1.807, 2.05) is 55.7 Å². The fourth-order valence-corrected chi connectivity index (χ4v) is 3.30. The van der Waals surface area contributed by atoms with Gasteiger partial charge in [-0.1, -0.05) is 38.1 Å². The first kappa shape index (κ1) is 18.7. The van der Waals surface area contributed by atoms with Crippen molar-refractivity contribution in [1.82, 2.24) is 14.8 Å². The molecule has 27 heavy (non-hydrogen) atoms. The maximum Gasteiger partial charge on any atom is 0.200 e. The number of hydrogen-bond acceptors (Lipinski definition) is 4. The molecule has 6 heteroatoms. The molecule has 3 aromatic carbocycles. The molecule has 0 radical (unpaired) electrons. The number of phenols is 2. The van der Waals surface area contributed by atoms with Gasteiger partial charge in [-0.25, -0.2) is 0 Å². The van der Waals surface area contributed by atoms with Crippen molar-refractivity contribution in [3.63, 3.8) is 0 Å². The fraction of sp³-hybridized carbons (Fsp3) is 0.143. The van der Waals surface area contributed by atoms with Crippen LogP contribution in [0.25, 0.3) is 27.8 Å². The summed E-state index contributed by atoms with van der Waals surface area (Å²) in [6.45, 7) is 5.91. The number of hydrogen-bond donors (Lipinski definition) is 3. The number of aromatic nitrogens is 3. The maximum atomic E-state index is 10.1. The SMILES string of the molecule is CC.Cc1cc(O)ccc1-c1n[nH]c(=S)n1-c1cccc2c(O)cccc12. The van der Waals surface area contributed by atoms with Gasteiger partial charge in [0.05, 0.1) is 5.69 Å². The number of benzene rings is 3. The summed E-state index contributed by atoms with van der Waals surface area (Å²) in [5.41, 5.74) is 2.58. The van der Waals surface area contributed by atoms with Crippen molar-refractivity contribution in [2.45, 2.75) is 20.8 Å². The summed E-state index contributed by atoms with van der Waals surface area (Å²) >= 11 is 5.45. The van der Waals surface area contributed by atoms with E-state index in [0.717, 1.165) is 27.6 Å². The van der Waals surface area contributed by atoms with Gasteiger partial charge in [0.1, 0.15) is 11.5 Å². The van der Waals surface area contributed by atoms with Crippen LogP contribution in [0.3, 0.4) is 0 Å². The molecule has 0 bridgehead atoms. The Labute approximate surface area is 162 Å². The van der Waals surface area contributed by atoms with Crippen molar-refractivity contribution in [3.05, 3.63) is 64.9 Å². The van der Waals surface area contributed by atoms with Crippen LogP contribution in [-0.2, 0) is 0 Å². The first-order chi connectivity index (χ1) is 13.1. The van der Waals surface area contributed by atoms with Crippen LogP contribution < -0.4 is 0 Å². The summed E-state index contributed by atoms with van der Waals surface area (Å²) in [7, 11) is 0. The molecule has 0 atom stereocenters. The topological polar surface area (TPSA) is 74.1 Å². The molecular formula is C21H21N3O2S. The first-order valence-corrected chi connectivity index (χ1v) is 9.15. The van der Waals surface area contributed by atoms with Crippen molar-refractivity contribution in [3.8, 4) is 28.6 Å². The highest BCUT2D eigenvalue weighted by atomic mass is 32.1. The minimum atomic E-state index is 0.206. The third-order valence-corrected chi connectivity index (χ3v) is 4.51. The first-order valence-electron chi connectivity index (χ1n) is 8.75. The number of fused-ring (bicyclic) bond motifs is 1. The largest absolute Gasteiger partial charge is 0.508 e. The summed E-state index contributed by atoms with van der Waals surface area (Å²) in [5, 5.41) is 28.7. The van der Waals surface area contributed by atoms with Gasteiger partial charge in [-0.3, -0.25) is 9.67 Å². The van der Waals surface area contributed by atoms with E-state index in [1.54, 1.807) is 24.3 Å². The van der Waals surface area contributed by atoms with Crippen LogP contribution in [0.5, 0.6) is 11.5 Å². The molecule has 0 amide bonds. The lowest BCUT2D eigenvalue weighted by molar-refractivity contribution is 0.475. The highest BCUT2D eigenvalue weighted by Gasteiger charge is 2.15. The molecule has 0 saturated carbocycles. The van der Waals surface area contributed by atoms with Gasteiger partial charge in [-0.05, 0) is 55.0 Å². The van der Waals surface area contributed by atoms with Crippen LogP contribution in [0, 0.1) is 11.7 Å². The van der Waals surface area contributed by atoms with E-state index in [4.69, 9.17) is 12.2 Å². The molecule has 0 aliphatic carbocycles. The molecule has 3 N–H and O–H groups in total. The normalized spacial score (nSPS) is 10.5. The van der Waals surface area contributed by atoms with Crippen molar-refractivity contribution >= 4 is 23.0 Å². The number of nitrogens with zero attached hydrogens (tertiary/aromatic N) is 2. The average Bonchev–Trinajstić information content (AvgIpc) is 3.04. The lowest BCUT2D eigenvalue weighted by atomic mass is 10.1. The highest BCUT2D eigenvalue weighted by Crippen LogP contribution is 2.32. The highest BCUT2D eigenvalue weighted by molar-refractivity contribution is 7.71. The molecule has 0 aliphatic rings. The Morgan fingerprint density at radius 1 is 0.963 bits per heavy atom. The van der Waals surface area contributed by atoms with Crippen LogP contribution in [0.1, 0.15) is 19.4 Å². The fourth-order valence-electron chi connectivity index (χ4n) is 3.07. The Morgan fingerprint density at radius 3 is 2.41 bits per heavy atom. The zero-order valence-electron chi connectivity index (χ0n) is 15.4. The van der Waals surface area contributed by atoms with Crippen LogP contribution in [0.4, 0.5) is 0 Å². The van der Waals surface area contributed by atoms with Crippen molar-refractivity contribution in [1.29, 1.82) is 0 Å². The quantitative estimate of drug-likeness (QED) is 0.402. The number of nitrogens with one attached hydrogen (secondary N) is 1. The number of rotatable bonds is 2. The van der Waals surface area contributed by atoms with Gasteiger partial charge in [0.2, 0.25) is 0 Å². The number of aromatic amines is 1. The summed E-state index contributed by atoms with van der Waals surface area (Å²) in [6, 6.07) is 16.2. The maximum absolute atomic E-state index is 10.1. The monoisotopic (exact) mass is 379 g/mol. The Morgan fingerprint density at radius 2 is 1.67 bits per heavy atom. The predicted octanol–water partition coefficient (Wildman–Crippen LogP) is 5.50. The van der Waals surface area contributed by atoms with E-state index in [9.17, 15) is 10.2 Å². The zero-order chi connectivity index (χ0) is 19.6. The number of aryl methyl sites for hydroxylation is 1. The van der Waals surface area contributed by atoms with E-state index in [0.29, 0.717) is 10.6 Å². The molecule has 0 aliphatic heterocycles. The van der Waals surface area contributed by atoms with Crippen LogP contribution in [0.15, 0.2) is 54.6 Å². The lowest BCUT2D eigenvalue weighted by Crippen LogP contribution is -2.00. The molecule has 0 fully saturated rings. The smallest absolute Gasteiger partial charge is 0.200 e. The van der Waals surface area contributed by atoms with E-state index < -0.39 is 0 Å². The second kappa shape index (κ2) is 7.63. The summed E-state index contributed by atoms with van der Waals surface area (Å²) in [4.78, 5) is 0. The average molecular weight is 379 g/mol. The second-order valence-electron chi connectivity index (χ2n) is 5.84. The van der Waals surface area contributed by atoms with Gasteiger partial charge in [-0.15, -0.1) is 0 Å². The van der Waals surface area contributed by atoms with E-state index in [1.165, 1.54) is 0 Å². The van der Waals surface area contributed by atoms with Gasteiger partial charge < -0.3 is 10.2 Å². The van der Waals surface area contributed by atoms with Crippen LogP contribution >= 0.6 is 12.2 Å². The minimum absolute atomic E-state index is 0.206. The number of H-pyrrole nitrogens is 1. The summed E-state index contributed by atoms with van der Waals surface area (Å²) in [6.07, 6.45) is 0. The molecule has 0 unspecified atom stereocenters. The molecular weight excluding hydrogens is 358 g/mol. The van der Waals surface area contributed by atoms with Crippen LogP contribution in [0.2, 0.25) is 0 Å². The van der Waals surface area contributed by atoms with Gasteiger partial charge in [0.15, 0.2) is 10.6 Å². The molecule has 5 nitrogen and oxygen atoms in total. The van der Waals surface area contributed by atoms with E-state index in [-0.39, 0.29) is 11.5 Å². The van der Waals surface area contributed by atoms with E-state index in [2.05, 4.69) is 10.2 Å². The summed E-state index contributed by atoms with van der Waals surface area (Å²) < 4.78 is 2.30. The molecule has 138 valence electrons.